The van der Waals surface area contributed by atoms with Gasteiger partial charge >= 0.3 is 0 Å². The van der Waals surface area contributed by atoms with Gasteiger partial charge in [0.2, 0.25) is 0 Å². The summed E-state index contributed by atoms with van der Waals surface area (Å²) < 4.78 is 5.42. The molecule has 0 saturated heterocycles. The number of rotatable bonds is 7. The summed E-state index contributed by atoms with van der Waals surface area (Å²) in [6.07, 6.45) is 3.91. The Labute approximate surface area is 82.0 Å². The molecule has 0 unspecified atom stereocenters. The normalized spacial score (nSPS) is 17.8. The van der Waals surface area contributed by atoms with Crippen LogP contribution in [0.15, 0.2) is 0 Å². The first-order chi connectivity index (χ1) is 6.17. The first-order valence-electron chi connectivity index (χ1n) is 5.49. The molecule has 1 aliphatic carbocycles. The van der Waals surface area contributed by atoms with Gasteiger partial charge in [-0.25, -0.2) is 0 Å². The van der Waals surface area contributed by atoms with E-state index in [9.17, 15) is 0 Å². The molecule has 0 atom stereocenters. The van der Waals surface area contributed by atoms with E-state index in [1.165, 1.54) is 12.8 Å². The molecule has 0 spiro atoms. The van der Waals surface area contributed by atoms with Gasteiger partial charge in [0.25, 0.3) is 0 Å². The van der Waals surface area contributed by atoms with Crippen molar-refractivity contribution in [2.24, 2.45) is 5.92 Å². The molecule has 1 aliphatic rings. The predicted molar refractivity (Wildman–Crippen MR) is 55.9 cm³/mol. The van der Waals surface area contributed by atoms with Crippen molar-refractivity contribution in [3.05, 3.63) is 0 Å². The van der Waals surface area contributed by atoms with Crippen LogP contribution in [-0.4, -0.2) is 25.3 Å². The largest absolute Gasteiger partial charge is 0.380 e. The molecule has 1 N–H and O–H groups in total. The summed E-state index contributed by atoms with van der Waals surface area (Å²) in [5.41, 5.74) is 0.329. The van der Waals surface area contributed by atoms with Gasteiger partial charge in [-0.15, -0.1) is 0 Å². The second-order valence-corrected chi connectivity index (χ2v) is 4.54. The lowest BCUT2D eigenvalue weighted by Crippen LogP contribution is -2.43. The quantitative estimate of drug-likeness (QED) is 0.614. The SMILES string of the molecule is CCCOCCNC(C)(C)C1CC1. The van der Waals surface area contributed by atoms with Crippen LogP contribution in [-0.2, 0) is 4.74 Å². The van der Waals surface area contributed by atoms with Crippen molar-refractivity contribution in [3.8, 4) is 0 Å². The van der Waals surface area contributed by atoms with Crippen LogP contribution >= 0.6 is 0 Å². The maximum absolute atomic E-state index is 5.42. The molecule has 0 aromatic rings. The van der Waals surface area contributed by atoms with E-state index >= 15 is 0 Å². The number of hydrogen-bond donors (Lipinski definition) is 1. The molecular formula is C11H23NO. The standard InChI is InChI=1S/C11H23NO/c1-4-8-13-9-7-12-11(2,3)10-5-6-10/h10,12H,4-9H2,1-3H3. The third kappa shape index (κ3) is 4.10. The summed E-state index contributed by atoms with van der Waals surface area (Å²) in [6.45, 7) is 9.47. The van der Waals surface area contributed by atoms with Gasteiger partial charge in [0.1, 0.15) is 0 Å². The highest BCUT2D eigenvalue weighted by molar-refractivity contribution is 4.94. The zero-order chi connectivity index (χ0) is 9.73. The molecule has 0 amide bonds. The van der Waals surface area contributed by atoms with Gasteiger partial charge in [0.05, 0.1) is 6.61 Å². The maximum atomic E-state index is 5.42. The summed E-state index contributed by atoms with van der Waals surface area (Å²) in [5.74, 6) is 0.902. The van der Waals surface area contributed by atoms with Crippen LogP contribution in [0.3, 0.4) is 0 Å². The van der Waals surface area contributed by atoms with Crippen molar-refractivity contribution in [2.45, 2.75) is 45.6 Å². The zero-order valence-electron chi connectivity index (χ0n) is 9.23. The van der Waals surface area contributed by atoms with Crippen LogP contribution in [0.2, 0.25) is 0 Å². The van der Waals surface area contributed by atoms with E-state index in [1.807, 2.05) is 0 Å². The molecular weight excluding hydrogens is 162 g/mol. The highest BCUT2D eigenvalue weighted by Crippen LogP contribution is 2.38. The lowest BCUT2D eigenvalue weighted by Gasteiger charge is -2.26. The Morgan fingerprint density at radius 2 is 2.00 bits per heavy atom. The van der Waals surface area contributed by atoms with Gasteiger partial charge in [-0.05, 0) is 39.0 Å². The van der Waals surface area contributed by atoms with Gasteiger partial charge in [-0.3, -0.25) is 0 Å². The maximum Gasteiger partial charge on any atom is 0.0591 e. The van der Waals surface area contributed by atoms with Crippen molar-refractivity contribution in [3.63, 3.8) is 0 Å². The molecule has 0 aliphatic heterocycles. The highest BCUT2D eigenvalue weighted by Gasteiger charge is 2.36. The van der Waals surface area contributed by atoms with E-state index in [1.54, 1.807) is 0 Å². The summed E-state index contributed by atoms with van der Waals surface area (Å²) >= 11 is 0. The van der Waals surface area contributed by atoms with Crippen LogP contribution in [0.4, 0.5) is 0 Å². The van der Waals surface area contributed by atoms with E-state index in [4.69, 9.17) is 4.74 Å². The minimum Gasteiger partial charge on any atom is -0.380 e. The summed E-state index contributed by atoms with van der Waals surface area (Å²) in [5, 5.41) is 3.55. The topological polar surface area (TPSA) is 21.3 Å². The average molecular weight is 185 g/mol. The second kappa shape index (κ2) is 4.97. The monoisotopic (exact) mass is 185 g/mol. The van der Waals surface area contributed by atoms with Gasteiger partial charge in [-0.2, -0.15) is 0 Å². The molecule has 78 valence electrons. The molecule has 1 saturated carbocycles. The third-order valence-electron chi connectivity index (χ3n) is 2.77. The minimum absolute atomic E-state index is 0.329. The van der Waals surface area contributed by atoms with Crippen LogP contribution < -0.4 is 5.32 Å². The Hall–Kier alpha value is -0.0800. The first-order valence-corrected chi connectivity index (χ1v) is 5.49. The summed E-state index contributed by atoms with van der Waals surface area (Å²) in [6, 6.07) is 0. The molecule has 0 aromatic heterocycles. The Bertz CT molecular complexity index is 141. The Morgan fingerprint density at radius 1 is 1.31 bits per heavy atom. The molecule has 0 heterocycles. The fraction of sp³-hybridized carbons (Fsp3) is 1.00. The minimum atomic E-state index is 0.329. The van der Waals surface area contributed by atoms with E-state index in [0.717, 1.165) is 32.1 Å². The first kappa shape index (κ1) is 11.0. The molecule has 13 heavy (non-hydrogen) atoms. The fourth-order valence-electron chi connectivity index (χ4n) is 1.64. The van der Waals surface area contributed by atoms with Crippen molar-refractivity contribution < 1.29 is 4.74 Å². The van der Waals surface area contributed by atoms with Gasteiger partial charge in [0.15, 0.2) is 0 Å². The smallest absolute Gasteiger partial charge is 0.0591 e. The molecule has 0 radical (unpaired) electrons. The number of nitrogens with one attached hydrogen (secondary N) is 1. The summed E-state index contributed by atoms with van der Waals surface area (Å²) in [4.78, 5) is 0. The second-order valence-electron chi connectivity index (χ2n) is 4.54. The lowest BCUT2D eigenvalue weighted by molar-refractivity contribution is 0.128. The van der Waals surface area contributed by atoms with E-state index in [0.29, 0.717) is 5.54 Å². The van der Waals surface area contributed by atoms with E-state index in [-0.39, 0.29) is 0 Å². The summed E-state index contributed by atoms with van der Waals surface area (Å²) in [7, 11) is 0. The lowest BCUT2D eigenvalue weighted by atomic mass is 9.99. The van der Waals surface area contributed by atoms with E-state index in [2.05, 4.69) is 26.1 Å². The third-order valence-corrected chi connectivity index (χ3v) is 2.77. The molecule has 1 rings (SSSR count). The van der Waals surface area contributed by atoms with Gasteiger partial charge in [0, 0.05) is 18.7 Å². The van der Waals surface area contributed by atoms with Crippen LogP contribution in [0.25, 0.3) is 0 Å². The van der Waals surface area contributed by atoms with Crippen molar-refractivity contribution in [2.75, 3.05) is 19.8 Å². The number of ether oxygens (including phenoxy) is 1. The van der Waals surface area contributed by atoms with Crippen LogP contribution in [0.5, 0.6) is 0 Å². The highest BCUT2D eigenvalue weighted by atomic mass is 16.5. The van der Waals surface area contributed by atoms with Gasteiger partial charge < -0.3 is 10.1 Å². The van der Waals surface area contributed by atoms with E-state index < -0.39 is 0 Å². The van der Waals surface area contributed by atoms with Crippen LogP contribution in [0, 0.1) is 5.92 Å². The Kier molecular flexibility index (Phi) is 4.20. The number of hydrogen-bond acceptors (Lipinski definition) is 2. The zero-order valence-corrected chi connectivity index (χ0v) is 9.23. The molecule has 0 bridgehead atoms. The van der Waals surface area contributed by atoms with Gasteiger partial charge in [-0.1, -0.05) is 6.92 Å². The molecule has 1 fully saturated rings. The Morgan fingerprint density at radius 3 is 2.54 bits per heavy atom. The van der Waals surface area contributed by atoms with Crippen molar-refractivity contribution >= 4 is 0 Å². The fourth-order valence-corrected chi connectivity index (χ4v) is 1.64. The Balaban J connectivity index is 1.97. The van der Waals surface area contributed by atoms with Crippen LogP contribution in [0.1, 0.15) is 40.0 Å². The van der Waals surface area contributed by atoms with Crippen molar-refractivity contribution in [1.82, 2.24) is 5.32 Å². The molecule has 0 aromatic carbocycles. The molecule has 2 nitrogen and oxygen atoms in total. The molecule has 2 heteroatoms. The predicted octanol–water partition coefficient (Wildman–Crippen LogP) is 2.19. The average Bonchev–Trinajstić information content (AvgIpc) is 2.86. The van der Waals surface area contributed by atoms with Crippen molar-refractivity contribution in [1.29, 1.82) is 0 Å².